The summed E-state index contributed by atoms with van der Waals surface area (Å²) in [5, 5.41) is 0.491. The molecule has 0 saturated heterocycles. The molecule has 0 aliphatic carbocycles. The number of carbonyl (C=O) groups excluding carboxylic acids is 1. The number of esters is 1. The van der Waals surface area contributed by atoms with E-state index >= 15 is 0 Å². The van der Waals surface area contributed by atoms with E-state index in [1.807, 2.05) is 0 Å². The van der Waals surface area contributed by atoms with Crippen LogP contribution in [0, 0.1) is 12.3 Å². The monoisotopic (exact) mass is 167 g/mol. The zero-order valence-electron chi connectivity index (χ0n) is 5.83. The number of ether oxygens (including phenoxy) is 1. The van der Waals surface area contributed by atoms with Gasteiger partial charge in [-0.05, 0) is 5.92 Å². The van der Waals surface area contributed by atoms with Gasteiger partial charge < -0.3 is 4.74 Å². The predicted octanol–water partition coefficient (Wildman–Crippen LogP) is 0.911. The minimum atomic E-state index is -0.399. The molecule has 0 fully saturated rings. The summed E-state index contributed by atoms with van der Waals surface area (Å²) >= 11 is 1.14. The summed E-state index contributed by atoms with van der Waals surface area (Å²) in [6.07, 6.45) is 6.46. The van der Waals surface area contributed by atoms with E-state index in [0.717, 1.165) is 11.3 Å². The average Bonchev–Trinajstić information content (AvgIpc) is 2.50. The maximum Gasteiger partial charge on any atom is 0.349 e. The van der Waals surface area contributed by atoms with E-state index in [1.54, 1.807) is 0 Å². The van der Waals surface area contributed by atoms with E-state index in [4.69, 9.17) is 6.42 Å². The van der Waals surface area contributed by atoms with Gasteiger partial charge in [-0.25, -0.2) is 9.78 Å². The van der Waals surface area contributed by atoms with Gasteiger partial charge in [-0.15, -0.1) is 6.42 Å². The number of hydrogen-bond acceptors (Lipinski definition) is 4. The Kier molecular flexibility index (Phi) is 2.24. The maximum absolute atomic E-state index is 10.8. The smallest absolute Gasteiger partial charge is 0.349 e. The average molecular weight is 167 g/mol. The molecule has 0 atom stereocenters. The van der Waals surface area contributed by atoms with Crippen LogP contribution >= 0.6 is 11.3 Å². The molecule has 0 saturated carbocycles. The Morgan fingerprint density at radius 3 is 3.09 bits per heavy atom. The number of rotatable bonds is 1. The van der Waals surface area contributed by atoms with E-state index in [0.29, 0.717) is 9.88 Å². The van der Waals surface area contributed by atoms with Crippen molar-refractivity contribution in [2.45, 2.75) is 0 Å². The number of carbonyl (C=O) groups is 1. The molecule has 4 heteroatoms. The largest absolute Gasteiger partial charge is 0.465 e. The predicted molar refractivity (Wildman–Crippen MR) is 41.4 cm³/mol. The van der Waals surface area contributed by atoms with Gasteiger partial charge in [0.1, 0.15) is 4.88 Å². The molecule has 0 aliphatic rings. The summed E-state index contributed by atoms with van der Waals surface area (Å²) in [6.45, 7) is 0. The number of aromatic nitrogens is 1. The molecule has 56 valence electrons. The van der Waals surface area contributed by atoms with Gasteiger partial charge in [0.05, 0.1) is 13.3 Å². The zero-order valence-corrected chi connectivity index (χ0v) is 6.64. The molecule has 0 radical (unpaired) electrons. The van der Waals surface area contributed by atoms with Crippen molar-refractivity contribution in [2.75, 3.05) is 7.11 Å². The highest BCUT2D eigenvalue weighted by Crippen LogP contribution is 2.11. The SMILES string of the molecule is C#Cc1ncc(C(=O)OC)s1. The van der Waals surface area contributed by atoms with E-state index in [9.17, 15) is 4.79 Å². The van der Waals surface area contributed by atoms with Crippen LogP contribution in [-0.2, 0) is 4.74 Å². The quantitative estimate of drug-likeness (QED) is 0.461. The standard InChI is InChI=1S/C7H5NO2S/c1-3-6-8-4-5(11-6)7(9)10-2/h1,4H,2H3. The number of terminal acetylenes is 1. The summed E-state index contributed by atoms with van der Waals surface area (Å²) in [7, 11) is 1.32. The Balaban J connectivity index is 2.91. The fraction of sp³-hybridized carbons (Fsp3) is 0.143. The fourth-order valence-electron chi connectivity index (χ4n) is 0.536. The second kappa shape index (κ2) is 3.17. The van der Waals surface area contributed by atoms with Crippen LogP contribution in [0.1, 0.15) is 14.7 Å². The van der Waals surface area contributed by atoms with Crippen molar-refractivity contribution in [2.24, 2.45) is 0 Å². The van der Waals surface area contributed by atoms with Crippen LogP contribution in [0.15, 0.2) is 6.20 Å². The molecule has 0 unspecified atom stereocenters. The molecule has 1 heterocycles. The molecule has 0 bridgehead atoms. The third kappa shape index (κ3) is 1.57. The molecule has 1 aromatic heterocycles. The molecule has 1 aromatic rings. The molecule has 1 rings (SSSR count). The van der Waals surface area contributed by atoms with E-state index < -0.39 is 5.97 Å². The Hall–Kier alpha value is -1.34. The molecule has 3 nitrogen and oxygen atoms in total. The lowest BCUT2D eigenvalue weighted by Crippen LogP contribution is -1.96. The number of thiazole rings is 1. The van der Waals surface area contributed by atoms with E-state index in [1.165, 1.54) is 13.3 Å². The van der Waals surface area contributed by atoms with Gasteiger partial charge in [0.25, 0.3) is 0 Å². The minimum Gasteiger partial charge on any atom is -0.465 e. The van der Waals surface area contributed by atoms with Crippen LogP contribution < -0.4 is 0 Å². The van der Waals surface area contributed by atoms with Crippen LogP contribution in [0.3, 0.4) is 0 Å². The van der Waals surface area contributed by atoms with Crippen molar-refractivity contribution in [3.05, 3.63) is 16.1 Å². The summed E-state index contributed by atoms with van der Waals surface area (Å²) in [4.78, 5) is 15.0. The lowest BCUT2D eigenvalue weighted by atomic mass is 10.6. The summed E-state index contributed by atoms with van der Waals surface area (Å²) < 4.78 is 4.46. The van der Waals surface area contributed by atoms with Gasteiger partial charge in [0, 0.05) is 0 Å². The summed E-state index contributed by atoms with van der Waals surface area (Å²) in [5.41, 5.74) is 0. The van der Waals surface area contributed by atoms with E-state index in [2.05, 4.69) is 15.6 Å². The van der Waals surface area contributed by atoms with Crippen LogP contribution in [0.25, 0.3) is 0 Å². The Labute approximate surface area is 68.0 Å². The Bertz CT molecular complexity index is 310. The second-order valence-corrected chi connectivity index (χ2v) is 2.70. The highest BCUT2D eigenvalue weighted by atomic mass is 32.1. The fourth-order valence-corrected chi connectivity index (χ4v) is 1.18. The van der Waals surface area contributed by atoms with Crippen LogP contribution in [0.4, 0.5) is 0 Å². The molecule has 0 amide bonds. The van der Waals surface area contributed by atoms with Crippen LogP contribution in [-0.4, -0.2) is 18.1 Å². The van der Waals surface area contributed by atoms with Gasteiger partial charge in [0.2, 0.25) is 0 Å². The third-order valence-electron chi connectivity index (χ3n) is 1.02. The van der Waals surface area contributed by atoms with E-state index in [-0.39, 0.29) is 0 Å². The van der Waals surface area contributed by atoms with Gasteiger partial charge in [-0.1, -0.05) is 11.3 Å². The van der Waals surface area contributed by atoms with Crippen molar-refractivity contribution in [3.8, 4) is 12.3 Å². The lowest BCUT2D eigenvalue weighted by molar-refractivity contribution is 0.0606. The summed E-state index contributed by atoms with van der Waals surface area (Å²) in [6, 6.07) is 0. The highest BCUT2D eigenvalue weighted by molar-refractivity contribution is 7.14. The first kappa shape index (κ1) is 7.76. The van der Waals surface area contributed by atoms with Crippen molar-refractivity contribution >= 4 is 17.3 Å². The molecular formula is C7H5NO2S. The third-order valence-corrected chi connectivity index (χ3v) is 1.92. The van der Waals surface area contributed by atoms with Crippen molar-refractivity contribution in [3.63, 3.8) is 0 Å². The maximum atomic E-state index is 10.8. The number of nitrogens with zero attached hydrogens (tertiary/aromatic N) is 1. The molecule has 0 aliphatic heterocycles. The molecule has 11 heavy (non-hydrogen) atoms. The van der Waals surface area contributed by atoms with Gasteiger partial charge >= 0.3 is 5.97 Å². The van der Waals surface area contributed by atoms with Gasteiger partial charge in [-0.2, -0.15) is 0 Å². The molecule has 0 N–H and O–H groups in total. The summed E-state index contributed by atoms with van der Waals surface area (Å²) in [5.74, 6) is 1.93. The topological polar surface area (TPSA) is 39.2 Å². The number of methoxy groups -OCH3 is 1. The highest BCUT2D eigenvalue weighted by Gasteiger charge is 2.08. The van der Waals surface area contributed by atoms with Gasteiger partial charge in [0.15, 0.2) is 5.01 Å². The Morgan fingerprint density at radius 2 is 2.64 bits per heavy atom. The zero-order chi connectivity index (χ0) is 8.27. The van der Waals surface area contributed by atoms with Crippen molar-refractivity contribution < 1.29 is 9.53 Å². The molecule has 0 aromatic carbocycles. The van der Waals surface area contributed by atoms with Crippen molar-refractivity contribution in [1.82, 2.24) is 4.98 Å². The van der Waals surface area contributed by atoms with Crippen LogP contribution in [0.5, 0.6) is 0 Å². The minimum absolute atomic E-state index is 0.399. The Morgan fingerprint density at radius 1 is 1.91 bits per heavy atom. The first-order chi connectivity index (χ1) is 5.27. The number of hydrogen-bond donors (Lipinski definition) is 0. The van der Waals surface area contributed by atoms with Crippen LogP contribution in [0.2, 0.25) is 0 Å². The molecule has 0 spiro atoms. The first-order valence-electron chi connectivity index (χ1n) is 2.78. The molecular weight excluding hydrogens is 162 g/mol. The normalized spacial score (nSPS) is 8.73. The van der Waals surface area contributed by atoms with Gasteiger partial charge in [-0.3, -0.25) is 0 Å². The first-order valence-corrected chi connectivity index (χ1v) is 3.60. The van der Waals surface area contributed by atoms with Crippen molar-refractivity contribution in [1.29, 1.82) is 0 Å². The lowest BCUT2D eigenvalue weighted by Gasteiger charge is -1.89. The second-order valence-electron chi connectivity index (χ2n) is 1.67.